The molecule has 6 heterocycles. The molecule has 458 valence electrons. The summed E-state index contributed by atoms with van der Waals surface area (Å²) in [5.41, 5.74) is 8.73. The van der Waals surface area contributed by atoms with E-state index in [0.717, 1.165) is 136 Å². The molecule has 11 nitrogen and oxygen atoms in total. The average Bonchev–Trinajstić information content (AvgIpc) is 1.61. The van der Waals surface area contributed by atoms with Crippen molar-refractivity contribution in [2.75, 3.05) is 32.8 Å². The molecule has 11 aliphatic rings. The molecule has 13 atom stereocenters. The van der Waals surface area contributed by atoms with Crippen LogP contribution in [0.2, 0.25) is 0 Å². The van der Waals surface area contributed by atoms with Crippen LogP contribution in [-0.4, -0.2) is 71.8 Å². The van der Waals surface area contributed by atoms with Crippen molar-refractivity contribution in [3.8, 4) is 28.7 Å². The van der Waals surface area contributed by atoms with Gasteiger partial charge in [0.05, 0.1) is 29.4 Å². The molecule has 11 heteroatoms. The third kappa shape index (κ3) is 11.8. The van der Waals surface area contributed by atoms with Gasteiger partial charge >= 0.3 is 11.9 Å². The van der Waals surface area contributed by atoms with Crippen molar-refractivity contribution in [2.24, 2.45) is 64.1 Å². The van der Waals surface area contributed by atoms with Crippen molar-refractivity contribution in [1.29, 1.82) is 0 Å². The molecule has 6 aliphatic heterocycles. The number of aliphatic hydroxyl groups excluding tert-OH is 1. The van der Waals surface area contributed by atoms with Crippen LogP contribution in [0.25, 0.3) is 16.7 Å². The number of aromatic hydroxyl groups is 1. The highest BCUT2D eigenvalue weighted by Gasteiger charge is 2.69. The fourth-order valence-electron chi connectivity index (χ4n) is 18.2. The Bertz CT molecular complexity index is 3440. The van der Waals surface area contributed by atoms with E-state index in [9.17, 15) is 15.3 Å². The van der Waals surface area contributed by atoms with Crippen LogP contribution in [0.4, 0.5) is 0 Å². The van der Waals surface area contributed by atoms with Gasteiger partial charge in [0.1, 0.15) is 17.3 Å². The Labute approximate surface area is 516 Å². The van der Waals surface area contributed by atoms with E-state index in [0.29, 0.717) is 61.3 Å². The van der Waals surface area contributed by atoms with Gasteiger partial charge in [0, 0.05) is 48.5 Å². The van der Waals surface area contributed by atoms with Gasteiger partial charge in [0.15, 0.2) is 0 Å². The Hall–Kier alpha value is -6.10. The predicted molar refractivity (Wildman–Crippen MR) is 342 cm³/mol. The van der Waals surface area contributed by atoms with Crippen molar-refractivity contribution < 1.29 is 34.4 Å². The number of benzene rings is 4. The van der Waals surface area contributed by atoms with E-state index >= 15 is 9.59 Å². The number of phenolic OH excluding ortho intramolecular Hbond substituents is 1. The summed E-state index contributed by atoms with van der Waals surface area (Å²) in [6, 6.07) is 33.9. The van der Waals surface area contributed by atoms with Crippen LogP contribution in [0.5, 0.6) is 5.75 Å². The number of hydrogen-bond donors (Lipinski definition) is 7. The fourth-order valence-corrected chi connectivity index (χ4v) is 18.2. The summed E-state index contributed by atoms with van der Waals surface area (Å²) in [5.74, 6) is 8.39. The zero-order chi connectivity index (χ0) is 60.0. The third-order valence-corrected chi connectivity index (χ3v) is 22.3. The Morgan fingerprint density at radius 1 is 0.851 bits per heavy atom. The fraction of sp³-hybridized carbons (Fsp3) is 0.526. The minimum Gasteiger partial charge on any atom is -0.508 e. The molecule has 4 aromatic rings. The molecule has 5 aliphatic carbocycles. The molecular weight excluding hydrogens is 1080 g/mol. The van der Waals surface area contributed by atoms with Gasteiger partial charge in [-0.25, -0.2) is 9.59 Å². The lowest BCUT2D eigenvalue weighted by molar-refractivity contribution is -0.135. The first-order chi connectivity index (χ1) is 42.2. The van der Waals surface area contributed by atoms with Crippen LogP contribution in [0.3, 0.4) is 0 Å². The van der Waals surface area contributed by atoms with Gasteiger partial charge in [-0.2, -0.15) is 0 Å². The maximum Gasteiger partial charge on any atom is 0.340 e. The van der Waals surface area contributed by atoms with E-state index in [-0.39, 0.29) is 83.3 Å². The SMILES string of the molecule is CCC(C=C1OC(=O)C2=C3c4cc(O)ccc4-c4cccc(c4)CNCCc4cccc(c4)C4NCC(C)(O)CC#CC(CO)CC5CC(C6CCNC(NCCCC(C)C)C6)(CC=C6OC(=O)C7=C6CCC6C3CCC12C76)CC54)Cc1ccccc1. The zero-order valence-corrected chi connectivity index (χ0v) is 51.8. The van der Waals surface area contributed by atoms with E-state index in [1.165, 1.54) is 23.1 Å². The average molecular weight is 1170 g/mol. The predicted octanol–water partition coefficient (Wildman–Crippen LogP) is 12.6. The first-order valence-corrected chi connectivity index (χ1v) is 33.4. The second kappa shape index (κ2) is 25.1. The van der Waals surface area contributed by atoms with E-state index in [4.69, 9.17) is 9.47 Å². The summed E-state index contributed by atoms with van der Waals surface area (Å²) < 4.78 is 13.6. The Morgan fingerprint density at radius 2 is 1.70 bits per heavy atom. The molecule has 4 fully saturated rings. The van der Waals surface area contributed by atoms with E-state index in [2.05, 4.69) is 139 Å². The van der Waals surface area contributed by atoms with Gasteiger partial charge in [-0.15, -0.1) is 0 Å². The summed E-state index contributed by atoms with van der Waals surface area (Å²) in [6.07, 6.45) is 18.1. The number of β-amino-alcohol motifs (C(OH)–C–C–N with tert-alkyl or cyclic N) is 1. The molecule has 87 heavy (non-hydrogen) atoms. The van der Waals surface area contributed by atoms with Gasteiger partial charge in [-0.05, 0) is 245 Å². The highest BCUT2D eigenvalue weighted by molar-refractivity contribution is 6.07. The van der Waals surface area contributed by atoms with Crippen LogP contribution < -0.4 is 21.3 Å². The Morgan fingerprint density at radius 3 is 2.54 bits per heavy atom. The molecule has 0 amide bonds. The quantitative estimate of drug-likeness (QED) is 0.0435. The molecule has 7 N–H and O–H groups in total. The van der Waals surface area contributed by atoms with Crippen molar-refractivity contribution >= 4 is 17.5 Å². The van der Waals surface area contributed by atoms with Crippen molar-refractivity contribution in [3.63, 3.8) is 0 Å². The number of fused-ring (bicyclic) bond motifs is 5. The Kier molecular flexibility index (Phi) is 17.2. The van der Waals surface area contributed by atoms with E-state index < -0.39 is 11.0 Å². The second-order valence-electron chi connectivity index (χ2n) is 28.4. The second-order valence-corrected chi connectivity index (χ2v) is 28.4. The summed E-state index contributed by atoms with van der Waals surface area (Å²) in [6.45, 7) is 12.3. The standard InChI is InChI=1S/C76H92N4O7/c1-5-48(35-49-14-7-6-8-15-49)39-65-76-31-25-59-60-23-24-61-64(86-72(83)68(61)69(60)76)26-30-75(56-28-34-79-66(40-56)78-32-12-13-47(2)3)42-55-38-52(45-81)18-11-29-74(4,85)46-80-71(63(55)43-75)54-20-9-16-50(36-54)27-33-77-44-51-17-10-19-53(37-51)58-22-21-57(82)41-62(58)67(59)70(76)73(84)87-65/h6-10,14-17,19-22,26,36-37,39,41,47-48,52,55-56,59-60,63,66,69,71,77-82,85H,5,12-13,23-25,27-35,38,40,42-46H2,1-4H3. The maximum absolute atomic E-state index is 15.5. The van der Waals surface area contributed by atoms with Crippen LogP contribution in [-0.2, 0) is 38.4 Å². The summed E-state index contributed by atoms with van der Waals surface area (Å²) >= 11 is 0. The number of esters is 2. The summed E-state index contributed by atoms with van der Waals surface area (Å²) in [7, 11) is 0. The number of carbonyl (C=O) groups is 2. The van der Waals surface area contributed by atoms with Gasteiger partial charge < -0.3 is 46.1 Å². The monoisotopic (exact) mass is 1170 g/mol. The van der Waals surface area contributed by atoms with Crippen molar-refractivity contribution in [2.45, 2.75) is 155 Å². The number of cyclic esters (lactones) is 1. The zero-order valence-electron chi connectivity index (χ0n) is 51.8. The normalized spacial score (nSPS) is 33.0. The number of aliphatic hydroxyl groups is 2. The van der Waals surface area contributed by atoms with Crippen molar-refractivity contribution in [3.05, 3.63) is 165 Å². The highest BCUT2D eigenvalue weighted by atomic mass is 16.6. The number of hydrogen-bond acceptors (Lipinski definition) is 11. The van der Waals surface area contributed by atoms with E-state index in [1.54, 1.807) is 6.07 Å². The number of piperidine rings is 1. The molecule has 2 saturated heterocycles. The van der Waals surface area contributed by atoms with Crippen LogP contribution in [0, 0.1) is 75.9 Å². The number of ether oxygens (including phenoxy) is 2. The first-order valence-electron chi connectivity index (χ1n) is 33.4. The first kappa shape index (κ1) is 59.8. The number of allylic oxidation sites excluding steroid dienone is 5. The molecule has 13 unspecified atom stereocenters. The lowest BCUT2D eigenvalue weighted by atomic mass is 9.44. The molecule has 1 spiro atoms. The molecule has 14 bridgehead atoms. The maximum atomic E-state index is 15.5. The minimum atomic E-state index is -1.09. The highest BCUT2D eigenvalue weighted by Crippen LogP contribution is 2.72. The van der Waals surface area contributed by atoms with Crippen LogP contribution >= 0.6 is 0 Å². The number of phenols is 1. The molecule has 0 radical (unpaired) electrons. The molecule has 4 aromatic carbocycles. The summed E-state index contributed by atoms with van der Waals surface area (Å²) in [4.78, 5) is 30.9. The number of carbonyl (C=O) groups excluding carboxylic acids is 2. The Balaban J connectivity index is 0.979. The topological polar surface area (TPSA) is 161 Å². The third-order valence-electron chi connectivity index (χ3n) is 22.3. The number of rotatable bonds is 11. The van der Waals surface area contributed by atoms with Crippen LogP contribution in [0.15, 0.2) is 137 Å². The summed E-state index contributed by atoms with van der Waals surface area (Å²) in [5, 5.41) is 50.3. The van der Waals surface area contributed by atoms with Gasteiger partial charge in [-0.3, -0.25) is 0 Å². The van der Waals surface area contributed by atoms with Crippen LogP contribution in [0.1, 0.15) is 151 Å². The largest absolute Gasteiger partial charge is 0.508 e. The van der Waals surface area contributed by atoms with Gasteiger partial charge in [0.2, 0.25) is 0 Å². The molecular formula is C76H92N4O7. The minimum absolute atomic E-state index is 0.00960. The number of nitrogens with one attached hydrogen (secondary N) is 4. The lowest BCUT2D eigenvalue weighted by Crippen LogP contribution is -2.52. The molecule has 0 aromatic heterocycles. The van der Waals surface area contributed by atoms with Gasteiger partial charge in [0.25, 0.3) is 0 Å². The van der Waals surface area contributed by atoms with Gasteiger partial charge in [-0.1, -0.05) is 111 Å². The lowest BCUT2D eigenvalue weighted by Gasteiger charge is -2.56. The smallest absolute Gasteiger partial charge is 0.340 e. The molecule has 2 saturated carbocycles. The molecule has 15 rings (SSSR count). The van der Waals surface area contributed by atoms with E-state index in [1.807, 2.05) is 25.1 Å². The van der Waals surface area contributed by atoms with Crippen molar-refractivity contribution in [1.82, 2.24) is 21.3 Å².